The van der Waals surface area contributed by atoms with Gasteiger partial charge in [-0.05, 0) is 31.9 Å². The average Bonchev–Trinajstić information content (AvgIpc) is 3.26. The van der Waals surface area contributed by atoms with Crippen LogP contribution in [0, 0.1) is 6.92 Å². The maximum Gasteiger partial charge on any atom is 0.228 e. The summed E-state index contributed by atoms with van der Waals surface area (Å²) in [6.45, 7) is 3.60. The van der Waals surface area contributed by atoms with E-state index < -0.39 is 0 Å². The van der Waals surface area contributed by atoms with E-state index in [1.165, 1.54) is 0 Å². The number of nitrogens with one attached hydrogen (secondary N) is 1. The Morgan fingerprint density at radius 2 is 2.12 bits per heavy atom. The van der Waals surface area contributed by atoms with Crippen LogP contribution in [0.4, 0.5) is 5.69 Å². The molecule has 1 aromatic carbocycles. The van der Waals surface area contributed by atoms with Crippen LogP contribution in [0.25, 0.3) is 11.4 Å². The topological polar surface area (TPSA) is 73.0 Å². The van der Waals surface area contributed by atoms with Gasteiger partial charge in [0.2, 0.25) is 11.7 Å². The molecule has 0 saturated heterocycles. The van der Waals surface area contributed by atoms with Crippen molar-refractivity contribution in [2.45, 2.75) is 32.7 Å². The van der Waals surface area contributed by atoms with Crippen LogP contribution >= 0.6 is 0 Å². The van der Waals surface area contributed by atoms with Gasteiger partial charge >= 0.3 is 0 Å². The van der Waals surface area contributed by atoms with Crippen LogP contribution in [0.1, 0.15) is 23.7 Å². The van der Waals surface area contributed by atoms with Crippen molar-refractivity contribution in [2.75, 3.05) is 11.9 Å². The summed E-state index contributed by atoms with van der Waals surface area (Å²) >= 11 is 0. The number of para-hydroxylation sites is 1. The maximum atomic E-state index is 12.5. The van der Waals surface area contributed by atoms with Gasteiger partial charge in [-0.25, -0.2) is 0 Å². The molecular weight excluding hydrogens is 316 g/mol. The molecule has 0 bridgehead atoms. The summed E-state index contributed by atoms with van der Waals surface area (Å²) in [5.74, 6) is 0.945. The standard InChI is InChI=1S/C19H20N4O2/c1-13-12-16(24)18(15-8-5-11-23(13)15)19-21-17(25-22-19)9-10-20-14-6-3-2-4-7-14/h2-4,6-7,12,20H,5,8-11H2,1H3. The summed E-state index contributed by atoms with van der Waals surface area (Å²) in [4.78, 5) is 16.9. The lowest BCUT2D eigenvalue weighted by molar-refractivity contribution is 0.381. The minimum Gasteiger partial charge on any atom is -0.385 e. The van der Waals surface area contributed by atoms with E-state index in [0.717, 1.165) is 36.5 Å². The highest BCUT2D eigenvalue weighted by atomic mass is 16.5. The van der Waals surface area contributed by atoms with Crippen molar-refractivity contribution in [1.29, 1.82) is 0 Å². The molecule has 0 radical (unpaired) electrons. The number of hydrogen-bond donors (Lipinski definition) is 1. The molecule has 4 rings (SSSR count). The molecule has 128 valence electrons. The average molecular weight is 336 g/mol. The first-order chi connectivity index (χ1) is 12.2. The van der Waals surface area contributed by atoms with Crippen LogP contribution in [0.5, 0.6) is 0 Å². The van der Waals surface area contributed by atoms with E-state index in [9.17, 15) is 4.79 Å². The number of pyridine rings is 1. The number of nitrogens with zero attached hydrogens (tertiary/aromatic N) is 3. The molecule has 2 aromatic heterocycles. The van der Waals surface area contributed by atoms with Crippen LogP contribution in [0.15, 0.2) is 45.7 Å². The Morgan fingerprint density at radius 3 is 2.96 bits per heavy atom. The minimum absolute atomic E-state index is 0.0274. The minimum atomic E-state index is -0.0274. The molecule has 3 aromatic rings. The van der Waals surface area contributed by atoms with E-state index in [1.54, 1.807) is 6.07 Å². The number of fused-ring (bicyclic) bond motifs is 1. The molecular formula is C19H20N4O2. The largest absolute Gasteiger partial charge is 0.385 e. The third-order valence-corrected chi connectivity index (χ3v) is 4.56. The number of aromatic nitrogens is 3. The molecule has 0 fully saturated rings. The van der Waals surface area contributed by atoms with Crippen molar-refractivity contribution in [3.05, 3.63) is 63.9 Å². The van der Waals surface area contributed by atoms with Gasteiger partial charge in [0.1, 0.15) is 0 Å². The van der Waals surface area contributed by atoms with Gasteiger partial charge in [0.25, 0.3) is 0 Å². The van der Waals surface area contributed by atoms with Crippen molar-refractivity contribution in [3.8, 4) is 11.4 Å². The third-order valence-electron chi connectivity index (χ3n) is 4.56. The lowest BCUT2D eigenvalue weighted by atomic mass is 10.1. The van der Waals surface area contributed by atoms with Crippen molar-refractivity contribution in [1.82, 2.24) is 14.7 Å². The zero-order chi connectivity index (χ0) is 17.2. The molecule has 1 aliphatic rings. The molecule has 25 heavy (non-hydrogen) atoms. The Morgan fingerprint density at radius 1 is 1.28 bits per heavy atom. The van der Waals surface area contributed by atoms with Crippen molar-refractivity contribution in [2.24, 2.45) is 0 Å². The van der Waals surface area contributed by atoms with Crippen LogP contribution in [-0.4, -0.2) is 21.3 Å². The molecule has 6 nitrogen and oxygen atoms in total. The Kier molecular flexibility index (Phi) is 4.09. The summed E-state index contributed by atoms with van der Waals surface area (Å²) in [6, 6.07) is 11.6. The van der Waals surface area contributed by atoms with Gasteiger partial charge in [0.05, 0.1) is 5.56 Å². The van der Waals surface area contributed by atoms with E-state index in [0.29, 0.717) is 30.2 Å². The van der Waals surface area contributed by atoms with E-state index in [2.05, 4.69) is 20.0 Å². The number of anilines is 1. The van der Waals surface area contributed by atoms with Crippen LogP contribution in [0.3, 0.4) is 0 Å². The van der Waals surface area contributed by atoms with Crippen molar-refractivity contribution < 1.29 is 4.52 Å². The SMILES string of the molecule is Cc1cc(=O)c(-c2noc(CCNc3ccccc3)n2)c2n1CCC2. The second kappa shape index (κ2) is 6.55. The summed E-state index contributed by atoms with van der Waals surface area (Å²) in [7, 11) is 0. The van der Waals surface area contributed by atoms with Gasteiger partial charge in [-0.2, -0.15) is 4.98 Å². The molecule has 6 heteroatoms. The van der Waals surface area contributed by atoms with Gasteiger partial charge in [0, 0.05) is 42.7 Å². The molecule has 0 spiro atoms. The van der Waals surface area contributed by atoms with Gasteiger partial charge < -0.3 is 14.4 Å². The highest BCUT2D eigenvalue weighted by Crippen LogP contribution is 2.25. The molecule has 3 heterocycles. The lowest BCUT2D eigenvalue weighted by Crippen LogP contribution is -2.15. The zero-order valence-electron chi connectivity index (χ0n) is 14.2. The van der Waals surface area contributed by atoms with Gasteiger partial charge in [-0.15, -0.1) is 0 Å². The van der Waals surface area contributed by atoms with Gasteiger partial charge in [0.15, 0.2) is 5.43 Å². The van der Waals surface area contributed by atoms with E-state index in [4.69, 9.17) is 4.52 Å². The summed E-state index contributed by atoms with van der Waals surface area (Å²) in [6.07, 6.45) is 2.53. The molecule has 0 unspecified atom stereocenters. The predicted octanol–water partition coefficient (Wildman–Crippen LogP) is 2.81. The lowest BCUT2D eigenvalue weighted by Gasteiger charge is -2.10. The van der Waals surface area contributed by atoms with Crippen LogP contribution < -0.4 is 10.7 Å². The number of benzene rings is 1. The predicted molar refractivity (Wildman–Crippen MR) is 95.7 cm³/mol. The highest BCUT2D eigenvalue weighted by molar-refractivity contribution is 5.58. The van der Waals surface area contributed by atoms with Crippen LogP contribution in [0.2, 0.25) is 0 Å². The Hall–Kier alpha value is -2.89. The number of hydrogen-bond acceptors (Lipinski definition) is 5. The fourth-order valence-electron chi connectivity index (χ4n) is 3.37. The van der Waals surface area contributed by atoms with E-state index >= 15 is 0 Å². The zero-order valence-corrected chi connectivity index (χ0v) is 14.2. The monoisotopic (exact) mass is 336 g/mol. The summed E-state index contributed by atoms with van der Waals surface area (Å²) < 4.78 is 7.54. The summed E-state index contributed by atoms with van der Waals surface area (Å²) in [5, 5.41) is 7.36. The second-order valence-electron chi connectivity index (χ2n) is 6.28. The first kappa shape index (κ1) is 15.6. The Bertz CT molecular complexity index is 944. The molecule has 0 atom stereocenters. The number of rotatable bonds is 5. The van der Waals surface area contributed by atoms with Gasteiger partial charge in [-0.3, -0.25) is 4.79 Å². The fraction of sp³-hybridized carbons (Fsp3) is 0.316. The van der Waals surface area contributed by atoms with Crippen molar-refractivity contribution in [3.63, 3.8) is 0 Å². The molecule has 0 amide bonds. The second-order valence-corrected chi connectivity index (χ2v) is 6.28. The molecule has 1 aliphatic heterocycles. The van der Waals surface area contributed by atoms with Crippen molar-refractivity contribution >= 4 is 5.69 Å². The van der Waals surface area contributed by atoms with Crippen LogP contribution in [-0.2, 0) is 19.4 Å². The Labute approximate surface area is 145 Å². The highest BCUT2D eigenvalue weighted by Gasteiger charge is 2.22. The first-order valence-corrected chi connectivity index (χ1v) is 8.57. The normalized spacial score (nSPS) is 13.0. The maximum absolute atomic E-state index is 12.5. The molecule has 1 N–H and O–H groups in total. The number of aryl methyl sites for hydroxylation is 1. The Balaban J connectivity index is 1.52. The smallest absolute Gasteiger partial charge is 0.228 e. The molecule has 0 aliphatic carbocycles. The van der Waals surface area contributed by atoms with E-state index in [-0.39, 0.29) is 5.43 Å². The fourth-order valence-corrected chi connectivity index (χ4v) is 3.37. The van der Waals surface area contributed by atoms with E-state index in [1.807, 2.05) is 37.3 Å². The summed E-state index contributed by atoms with van der Waals surface area (Å²) in [5.41, 5.74) is 3.64. The third kappa shape index (κ3) is 3.07. The van der Waals surface area contributed by atoms with Gasteiger partial charge in [-0.1, -0.05) is 23.4 Å². The first-order valence-electron chi connectivity index (χ1n) is 8.57. The quantitative estimate of drug-likeness (QED) is 0.775. The molecule has 0 saturated carbocycles.